The Kier molecular flexibility index (Phi) is 6.63. The molecule has 7 heteroatoms. The second-order valence-corrected chi connectivity index (χ2v) is 8.13. The van der Waals surface area contributed by atoms with Crippen molar-refractivity contribution in [3.8, 4) is 0 Å². The lowest BCUT2D eigenvalue weighted by atomic mass is 9.91. The fourth-order valence-electron chi connectivity index (χ4n) is 4.19. The van der Waals surface area contributed by atoms with Crippen molar-refractivity contribution in [3.63, 3.8) is 0 Å². The van der Waals surface area contributed by atoms with Crippen LogP contribution in [0.1, 0.15) is 48.4 Å². The van der Waals surface area contributed by atoms with Crippen molar-refractivity contribution in [1.82, 2.24) is 4.98 Å². The topological polar surface area (TPSA) is 127 Å². The van der Waals surface area contributed by atoms with Crippen molar-refractivity contribution in [2.24, 2.45) is 16.5 Å². The summed E-state index contributed by atoms with van der Waals surface area (Å²) in [6.45, 7) is 0. The number of benzene rings is 1. The number of aromatic nitrogens is 1. The number of rotatable bonds is 3. The number of nitrogens with zero attached hydrogens (tertiary/aromatic N) is 2. The maximum absolute atomic E-state index is 14.4. The van der Waals surface area contributed by atoms with Crippen molar-refractivity contribution < 1.29 is 4.39 Å². The van der Waals surface area contributed by atoms with Gasteiger partial charge in [-0.3, -0.25) is 5.41 Å². The number of amidine groups is 1. The van der Waals surface area contributed by atoms with Crippen LogP contribution in [0.25, 0.3) is 0 Å². The van der Waals surface area contributed by atoms with Crippen LogP contribution >= 0.6 is 0 Å². The van der Waals surface area contributed by atoms with E-state index in [2.05, 4.69) is 40.0 Å². The molecular weight excluding hydrogens is 415 g/mol. The van der Waals surface area contributed by atoms with Crippen LogP contribution in [0.5, 0.6) is 0 Å². The molecule has 33 heavy (non-hydrogen) atoms. The van der Waals surface area contributed by atoms with Gasteiger partial charge in [0.15, 0.2) is 11.6 Å². The molecule has 2 heterocycles. The average Bonchev–Trinajstić information content (AvgIpc) is 3.01. The summed E-state index contributed by atoms with van der Waals surface area (Å²) in [6.07, 6.45) is 11.4. The van der Waals surface area contributed by atoms with Gasteiger partial charge in [0.05, 0.1) is 17.0 Å². The van der Waals surface area contributed by atoms with Gasteiger partial charge in [-0.25, -0.2) is 14.4 Å². The highest BCUT2D eigenvalue weighted by Crippen LogP contribution is 2.28. The van der Waals surface area contributed by atoms with Gasteiger partial charge in [-0.15, -0.1) is 5.73 Å². The Bertz CT molecular complexity index is 1250. The summed E-state index contributed by atoms with van der Waals surface area (Å²) < 4.78 is 14.4. The van der Waals surface area contributed by atoms with Gasteiger partial charge in [-0.2, -0.15) is 0 Å². The number of hydrogen-bond donors (Lipinski definition) is 4. The smallest absolute Gasteiger partial charge is 0.174 e. The number of aryl methyl sites for hydroxylation is 1. The van der Waals surface area contributed by atoms with E-state index in [1.807, 2.05) is 12.1 Å². The molecule has 1 aromatic heterocycles. The molecule has 0 spiro atoms. The number of nitrogen functional groups attached to an aromatic ring is 1. The summed E-state index contributed by atoms with van der Waals surface area (Å²) in [5, 5.41) is 8.45. The van der Waals surface area contributed by atoms with E-state index in [0.717, 1.165) is 43.4 Å². The molecule has 0 fully saturated rings. The van der Waals surface area contributed by atoms with Gasteiger partial charge in [0, 0.05) is 17.8 Å². The van der Waals surface area contributed by atoms with Crippen LogP contribution in [-0.2, 0) is 6.42 Å². The van der Waals surface area contributed by atoms with Crippen molar-refractivity contribution in [1.29, 1.82) is 5.41 Å². The molecule has 1 unspecified atom stereocenters. The third kappa shape index (κ3) is 4.85. The molecule has 1 aliphatic carbocycles. The third-order valence-corrected chi connectivity index (χ3v) is 5.95. The molecule has 2 aromatic rings. The van der Waals surface area contributed by atoms with E-state index in [4.69, 9.17) is 22.6 Å². The van der Waals surface area contributed by atoms with Gasteiger partial charge in [-0.05, 0) is 67.0 Å². The molecule has 1 aliphatic heterocycles. The van der Waals surface area contributed by atoms with Crippen molar-refractivity contribution in [3.05, 3.63) is 99.8 Å². The van der Waals surface area contributed by atoms with Crippen LogP contribution in [0, 0.1) is 11.2 Å². The number of allylic oxidation sites excluding steroid dienone is 3. The van der Waals surface area contributed by atoms with E-state index in [9.17, 15) is 4.39 Å². The number of aliphatic imine (C=N–C) groups is 1. The number of nitrogens with two attached hydrogens (primary N) is 3. The van der Waals surface area contributed by atoms with Gasteiger partial charge in [0.2, 0.25) is 0 Å². The van der Waals surface area contributed by atoms with Gasteiger partial charge in [0.1, 0.15) is 5.84 Å². The van der Waals surface area contributed by atoms with E-state index in [0.29, 0.717) is 0 Å². The first-order chi connectivity index (χ1) is 16.0. The number of halogens is 1. The van der Waals surface area contributed by atoms with E-state index in [-0.39, 0.29) is 34.5 Å². The minimum absolute atomic E-state index is 0.00515. The van der Waals surface area contributed by atoms with Crippen LogP contribution in [-0.4, -0.2) is 16.5 Å². The van der Waals surface area contributed by atoms with E-state index in [1.165, 1.54) is 23.4 Å². The summed E-state index contributed by atoms with van der Waals surface area (Å²) in [7, 11) is 0. The molecule has 7 N–H and O–H groups in total. The molecule has 0 bridgehead atoms. The molecule has 1 aromatic carbocycles. The van der Waals surface area contributed by atoms with Crippen LogP contribution < -0.4 is 17.2 Å². The first kappa shape index (κ1) is 22.4. The molecule has 0 saturated carbocycles. The molecule has 0 amide bonds. The quantitative estimate of drug-likeness (QED) is 0.418. The molecule has 4 rings (SSSR count). The fraction of sp³-hybridized carbons (Fsp3) is 0.231. The van der Waals surface area contributed by atoms with Gasteiger partial charge >= 0.3 is 0 Å². The van der Waals surface area contributed by atoms with Gasteiger partial charge < -0.3 is 17.2 Å². The molecule has 1 atom stereocenters. The van der Waals surface area contributed by atoms with Crippen molar-refractivity contribution in [2.45, 2.75) is 38.1 Å². The fourth-order valence-corrected chi connectivity index (χ4v) is 4.19. The standard InChI is InChI=1S/C26H27FN6/c27-23-19(14-15-32-26(23)31)24(29)20-11-5-13-22(33-25(20)30)17-8-3-7-16-6-1-2-10-18(16)21(28)12-4-9-17/h1-2,5-6,9-10,13-15,21,29H,3-4,7-8,12,28H2,(H2,30,33)(H2,31,32)/b17-9+,29-24?. The Morgan fingerprint density at radius 3 is 2.82 bits per heavy atom. The van der Waals surface area contributed by atoms with Crippen LogP contribution in [0.15, 0.2) is 82.3 Å². The minimum Gasteiger partial charge on any atom is -0.383 e. The zero-order valence-electron chi connectivity index (χ0n) is 18.3. The van der Waals surface area contributed by atoms with E-state index >= 15 is 0 Å². The highest BCUT2D eigenvalue weighted by Gasteiger charge is 2.20. The number of fused-ring (bicyclic) bond motifs is 1. The van der Waals surface area contributed by atoms with E-state index in [1.54, 1.807) is 6.08 Å². The van der Waals surface area contributed by atoms with Gasteiger partial charge in [-0.1, -0.05) is 30.3 Å². The Morgan fingerprint density at radius 2 is 1.97 bits per heavy atom. The minimum atomic E-state index is -0.756. The van der Waals surface area contributed by atoms with Crippen LogP contribution in [0.4, 0.5) is 10.2 Å². The lowest BCUT2D eigenvalue weighted by Gasteiger charge is -2.19. The Labute approximate surface area is 192 Å². The number of pyridine rings is 1. The predicted octanol–water partition coefficient (Wildman–Crippen LogP) is 4.25. The SMILES string of the molecule is N=C(C1=C=CC=C(/C2=C/CCC(N)c3ccccc3CCC2)N=C1N)c1ccnc(N)c1F. The first-order valence-corrected chi connectivity index (χ1v) is 11.0. The molecule has 2 aliphatic rings. The maximum atomic E-state index is 14.4. The number of nitrogens with one attached hydrogen (secondary N) is 1. The largest absolute Gasteiger partial charge is 0.383 e. The molecule has 168 valence electrons. The number of anilines is 1. The van der Waals surface area contributed by atoms with Crippen molar-refractivity contribution >= 4 is 17.4 Å². The highest BCUT2D eigenvalue weighted by atomic mass is 19.1. The second-order valence-electron chi connectivity index (χ2n) is 8.13. The van der Waals surface area contributed by atoms with Crippen LogP contribution in [0.2, 0.25) is 0 Å². The van der Waals surface area contributed by atoms with E-state index < -0.39 is 5.82 Å². The van der Waals surface area contributed by atoms with Gasteiger partial charge in [0.25, 0.3) is 0 Å². The van der Waals surface area contributed by atoms with Crippen molar-refractivity contribution in [2.75, 3.05) is 5.73 Å². The summed E-state index contributed by atoms with van der Waals surface area (Å²) in [4.78, 5) is 8.29. The molecule has 6 nitrogen and oxygen atoms in total. The zero-order valence-corrected chi connectivity index (χ0v) is 18.3. The maximum Gasteiger partial charge on any atom is 0.174 e. The van der Waals surface area contributed by atoms with Crippen LogP contribution in [0.3, 0.4) is 0 Å². The summed E-state index contributed by atoms with van der Waals surface area (Å²) in [5.41, 5.74) is 25.6. The normalized spacial score (nSPS) is 20.4. The predicted molar refractivity (Wildman–Crippen MR) is 130 cm³/mol. The Hall–Kier alpha value is -3.80. The zero-order chi connectivity index (χ0) is 23.4. The monoisotopic (exact) mass is 442 g/mol. The number of hydrogen-bond acceptors (Lipinski definition) is 6. The summed E-state index contributed by atoms with van der Waals surface area (Å²) >= 11 is 0. The molecule has 0 saturated heterocycles. The lowest BCUT2D eigenvalue weighted by molar-refractivity contribution is 0.624. The second kappa shape index (κ2) is 9.77. The molecule has 0 radical (unpaired) electrons. The Balaban J connectivity index is 1.57. The first-order valence-electron chi connectivity index (χ1n) is 11.0. The third-order valence-electron chi connectivity index (χ3n) is 5.95. The highest BCUT2D eigenvalue weighted by molar-refractivity contribution is 6.28. The summed E-state index contributed by atoms with van der Waals surface area (Å²) in [6, 6.07) is 9.75. The average molecular weight is 443 g/mol. The summed E-state index contributed by atoms with van der Waals surface area (Å²) in [5.74, 6) is -0.917. The lowest BCUT2D eigenvalue weighted by Crippen LogP contribution is -2.22. The Morgan fingerprint density at radius 1 is 1.15 bits per heavy atom. The molecular formula is C26H27FN6.